The van der Waals surface area contributed by atoms with Crippen LogP contribution >= 0.6 is 11.6 Å². The van der Waals surface area contributed by atoms with Gasteiger partial charge in [0.25, 0.3) is 11.7 Å². The number of nitriles is 1. The lowest BCUT2D eigenvalue weighted by molar-refractivity contribution is -0.114. The molecule has 1 amide bonds. The SMILES string of the molecule is N#CCCCCN1C(=O)C(=O)c2ccc(Cl)cc21. The van der Waals surface area contributed by atoms with Crippen LogP contribution in [0.25, 0.3) is 0 Å². The van der Waals surface area contributed by atoms with Crippen LogP contribution in [0.3, 0.4) is 0 Å². The molecule has 0 spiro atoms. The molecule has 0 fully saturated rings. The average Bonchev–Trinajstić information content (AvgIpc) is 2.59. The Morgan fingerprint density at radius 2 is 2.06 bits per heavy atom. The standard InChI is InChI=1S/C13H11ClN2O2/c14-9-4-5-10-11(8-9)16(13(18)12(10)17)7-3-1-2-6-15/h4-5,8H,1-3,7H2. The number of nitrogens with zero attached hydrogens (tertiary/aromatic N) is 2. The number of unbranched alkanes of at least 4 members (excludes halogenated alkanes) is 2. The number of ketones is 1. The van der Waals surface area contributed by atoms with Crippen molar-refractivity contribution in [2.45, 2.75) is 19.3 Å². The molecule has 1 aromatic rings. The number of hydrogen-bond acceptors (Lipinski definition) is 3. The fraction of sp³-hybridized carbons (Fsp3) is 0.308. The molecule has 2 rings (SSSR count). The van der Waals surface area contributed by atoms with Gasteiger partial charge in [0, 0.05) is 18.0 Å². The predicted molar refractivity (Wildman–Crippen MR) is 67.6 cm³/mol. The quantitative estimate of drug-likeness (QED) is 0.619. The summed E-state index contributed by atoms with van der Waals surface area (Å²) in [4.78, 5) is 25.0. The molecule has 18 heavy (non-hydrogen) atoms. The molecule has 0 aromatic heterocycles. The van der Waals surface area contributed by atoms with Gasteiger partial charge < -0.3 is 4.90 Å². The highest BCUT2D eigenvalue weighted by Gasteiger charge is 2.35. The van der Waals surface area contributed by atoms with E-state index in [4.69, 9.17) is 16.9 Å². The van der Waals surface area contributed by atoms with Gasteiger partial charge in [0.2, 0.25) is 0 Å². The van der Waals surface area contributed by atoms with E-state index in [0.29, 0.717) is 42.1 Å². The van der Waals surface area contributed by atoms with E-state index in [-0.39, 0.29) is 0 Å². The minimum atomic E-state index is -0.510. The Kier molecular flexibility index (Phi) is 3.63. The second-order valence-electron chi connectivity index (χ2n) is 4.06. The van der Waals surface area contributed by atoms with Crippen molar-refractivity contribution in [3.05, 3.63) is 28.8 Å². The molecule has 0 atom stereocenters. The fourth-order valence-corrected chi connectivity index (χ4v) is 2.13. The molecule has 1 aromatic carbocycles. The molecular formula is C13H11ClN2O2. The summed E-state index contributed by atoms with van der Waals surface area (Å²) in [5, 5.41) is 8.94. The van der Waals surface area contributed by atoms with Gasteiger partial charge in [-0.05, 0) is 31.0 Å². The van der Waals surface area contributed by atoms with E-state index < -0.39 is 11.7 Å². The number of carbonyl (C=O) groups is 2. The molecule has 0 saturated heterocycles. The number of anilines is 1. The first-order valence-corrected chi connectivity index (χ1v) is 6.05. The lowest BCUT2D eigenvalue weighted by Crippen LogP contribution is -2.30. The van der Waals surface area contributed by atoms with Crippen LogP contribution in [-0.2, 0) is 4.79 Å². The summed E-state index contributed by atoms with van der Waals surface area (Å²) in [7, 11) is 0. The molecule has 92 valence electrons. The average molecular weight is 263 g/mol. The number of Topliss-reactive ketones (excluding diaryl/α,β-unsaturated/α-hetero) is 1. The summed E-state index contributed by atoms with van der Waals surface area (Å²) in [5.74, 6) is -0.994. The highest BCUT2D eigenvalue weighted by atomic mass is 35.5. The Bertz CT molecular complexity index is 548. The molecule has 4 nitrogen and oxygen atoms in total. The molecule has 5 heteroatoms. The van der Waals surface area contributed by atoms with Crippen LogP contribution in [0.1, 0.15) is 29.6 Å². The van der Waals surface area contributed by atoms with Gasteiger partial charge in [-0.25, -0.2) is 0 Å². The van der Waals surface area contributed by atoms with Gasteiger partial charge in [0.05, 0.1) is 17.3 Å². The highest BCUT2D eigenvalue weighted by molar-refractivity contribution is 6.52. The van der Waals surface area contributed by atoms with Crippen LogP contribution in [0.5, 0.6) is 0 Å². The number of benzene rings is 1. The van der Waals surface area contributed by atoms with Crippen molar-refractivity contribution in [2.24, 2.45) is 0 Å². The second kappa shape index (κ2) is 5.19. The van der Waals surface area contributed by atoms with Crippen LogP contribution in [0, 0.1) is 11.3 Å². The second-order valence-corrected chi connectivity index (χ2v) is 4.50. The van der Waals surface area contributed by atoms with Gasteiger partial charge in [0.15, 0.2) is 0 Å². The van der Waals surface area contributed by atoms with Crippen molar-refractivity contribution in [3.8, 4) is 6.07 Å². The number of rotatable bonds is 4. The number of halogens is 1. The zero-order chi connectivity index (χ0) is 13.1. The van der Waals surface area contributed by atoms with Gasteiger partial charge in [0.1, 0.15) is 0 Å². The van der Waals surface area contributed by atoms with Gasteiger partial charge in [-0.3, -0.25) is 9.59 Å². The van der Waals surface area contributed by atoms with Gasteiger partial charge >= 0.3 is 0 Å². The summed E-state index contributed by atoms with van der Waals surface area (Å²) in [6, 6.07) is 6.86. The third kappa shape index (κ3) is 2.22. The summed E-state index contributed by atoms with van der Waals surface area (Å²) >= 11 is 5.88. The van der Waals surface area contributed by atoms with Crippen molar-refractivity contribution >= 4 is 29.0 Å². The number of hydrogen-bond donors (Lipinski definition) is 0. The fourth-order valence-electron chi connectivity index (χ4n) is 1.96. The molecular weight excluding hydrogens is 252 g/mol. The molecule has 1 aliphatic rings. The molecule has 1 heterocycles. The maximum absolute atomic E-state index is 11.8. The van der Waals surface area contributed by atoms with Crippen LogP contribution in [0.2, 0.25) is 5.02 Å². The van der Waals surface area contributed by atoms with Crippen LogP contribution in [0.15, 0.2) is 18.2 Å². The number of fused-ring (bicyclic) bond motifs is 1. The van der Waals surface area contributed by atoms with Crippen LogP contribution in [-0.4, -0.2) is 18.2 Å². The van der Waals surface area contributed by atoms with Gasteiger partial charge in [-0.15, -0.1) is 0 Å². The molecule has 0 radical (unpaired) electrons. The summed E-state index contributed by atoms with van der Waals surface area (Å²) in [6.07, 6.45) is 1.86. The third-order valence-corrected chi connectivity index (χ3v) is 3.09. The van der Waals surface area contributed by atoms with Crippen molar-refractivity contribution in [3.63, 3.8) is 0 Å². The zero-order valence-electron chi connectivity index (χ0n) is 9.65. The molecule has 0 bridgehead atoms. The Balaban J connectivity index is 2.17. The van der Waals surface area contributed by atoms with E-state index in [1.807, 2.05) is 6.07 Å². The smallest absolute Gasteiger partial charge is 0.299 e. The first-order valence-electron chi connectivity index (χ1n) is 5.68. The van der Waals surface area contributed by atoms with E-state index >= 15 is 0 Å². The minimum Gasteiger partial charge on any atom is -0.305 e. The lowest BCUT2D eigenvalue weighted by Gasteiger charge is -2.15. The first kappa shape index (κ1) is 12.6. The van der Waals surface area contributed by atoms with E-state index in [0.717, 1.165) is 0 Å². The topological polar surface area (TPSA) is 61.2 Å². The predicted octanol–water partition coefficient (Wildman–Crippen LogP) is 2.56. The first-order chi connectivity index (χ1) is 8.65. The number of amides is 1. The Morgan fingerprint density at radius 1 is 1.28 bits per heavy atom. The van der Waals surface area contributed by atoms with E-state index in [1.54, 1.807) is 18.2 Å². The highest BCUT2D eigenvalue weighted by Crippen LogP contribution is 2.31. The largest absolute Gasteiger partial charge is 0.305 e. The van der Waals surface area contributed by atoms with Crippen molar-refractivity contribution in [1.29, 1.82) is 5.26 Å². The lowest BCUT2D eigenvalue weighted by atomic mass is 10.1. The van der Waals surface area contributed by atoms with E-state index in [1.165, 1.54) is 4.90 Å². The van der Waals surface area contributed by atoms with Gasteiger partial charge in [-0.2, -0.15) is 5.26 Å². The summed E-state index contributed by atoms with van der Waals surface area (Å²) in [6.45, 7) is 0.444. The van der Waals surface area contributed by atoms with E-state index in [2.05, 4.69) is 0 Å². The van der Waals surface area contributed by atoms with E-state index in [9.17, 15) is 9.59 Å². The molecule has 0 aliphatic carbocycles. The number of carbonyl (C=O) groups excluding carboxylic acids is 2. The Morgan fingerprint density at radius 3 is 2.78 bits per heavy atom. The van der Waals surface area contributed by atoms with Crippen molar-refractivity contribution in [2.75, 3.05) is 11.4 Å². The van der Waals surface area contributed by atoms with Crippen LogP contribution in [0.4, 0.5) is 5.69 Å². The monoisotopic (exact) mass is 262 g/mol. The third-order valence-electron chi connectivity index (χ3n) is 2.85. The van der Waals surface area contributed by atoms with Crippen molar-refractivity contribution in [1.82, 2.24) is 0 Å². The molecule has 0 N–H and O–H groups in total. The summed E-state index contributed by atoms with van der Waals surface area (Å²) in [5.41, 5.74) is 0.985. The van der Waals surface area contributed by atoms with Crippen molar-refractivity contribution < 1.29 is 9.59 Å². The molecule has 1 aliphatic heterocycles. The summed E-state index contributed by atoms with van der Waals surface area (Å²) < 4.78 is 0. The Labute approximate surface area is 110 Å². The van der Waals surface area contributed by atoms with Gasteiger partial charge in [-0.1, -0.05) is 11.6 Å². The minimum absolute atomic E-state index is 0.407. The normalized spacial score (nSPS) is 13.7. The maximum atomic E-state index is 11.8. The maximum Gasteiger partial charge on any atom is 0.299 e. The van der Waals surface area contributed by atoms with Crippen LogP contribution < -0.4 is 4.90 Å². The molecule has 0 saturated carbocycles. The Hall–Kier alpha value is -1.86. The molecule has 0 unspecified atom stereocenters. The zero-order valence-corrected chi connectivity index (χ0v) is 10.4.